The minimum absolute atomic E-state index is 0.0585. The van der Waals surface area contributed by atoms with Crippen molar-refractivity contribution >= 4 is 52.5 Å². The van der Waals surface area contributed by atoms with E-state index in [1.54, 1.807) is 24.3 Å². The van der Waals surface area contributed by atoms with Gasteiger partial charge in [0.2, 0.25) is 0 Å². The lowest BCUT2D eigenvalue weighted by molar-refractivity contribution is -0.122. The van der Waals surface area contributed by atoms with Crippen LogP contribution in [0.3, 0.4) is 0 Å². The number of rotatable bonds is 3. The minimum Gasteiger partial charge on any atom is -0.317 e. The predicted molar refractivity (Wildman–Crippen MR) is 113 cm³/mol. The second kappa shape index (κ2) is 7.62. The quantitative estimate of drug-likeness (QED) is 0.390. The van der Waals surface area contributed by atoms with Crippen molar-refractivity contribution in [2.24, 2.45) is 0 Å². The highest BCUT2D eigenvalue weighted by Gasteiger charge is 2.34. The van der Waals surface area contributed by atoms with Crippen molar-refractivity contribution in [3.05, 3.63) is 89.0 Å². The van der Waals surface area contributed by atoms with Gasteiger partial charge in [-0.05, 0) is 79.0 Å². The number of amides is 2. The number of benzene rings is 2. The van der Waals surface area contributed by atoms with Crippen molar-refractivity contribution in [3.63, 3.8) is 0 Å². The monoisotopic (exact) mass is 425 g/mol. The van der Waals surface area contributed by atoms with Gasteiger partial charge in [-0.15, -0.1) is 0 Å². The molecule has 1 aliphatic rings. The molecule has 8 heteroatoms. The summed E-state index contributed by atoms with van der Waals surface area (Å²) in [4.78, 5) is 26.7. The molecule has 1 fully saturated rings. The van der Waals surface area contributed by atoms with Gasteiger partial charge in [-0.2, -0.15) is 0 Å². The van der Waals surface area contributed by atoms with E-state index in [-0.39, 0.29) is 10.7 Å². The van der Waals surface area contributed by atoms with E-state index in [4.69, 9.17) is 23.8 Å². The molecule has 0 atom stereocenters. The molecule has 1 aromatic heterocycles. The summed E-state index contributed by atoms with van der Waals surface area (Å²) in [6.45, 7) is 0. The van der Waals surface area contributed by atoms with Gasteiger partial charge in [0.05, 0.1) is 5.69 Å². The Morgan fingerprint density at radius 2 is 1.62 bits per heavy atom. The topological polar surface area (TPSA) is 54.3 Å². The van der Waals surface area contributed by atoms with Crippen LogP contribution in [0.2, 0.25) is 5.02 Å². The molecule has 3 aromatic rings. The van der Waals surface area contributed by atoms with Gasteiger partial charge >= 0.3 is 0 Å². The third-order valence-corrected chi connectivity index (χ3v) is 4.90. The first-order valence-electron chi connectivity index (χ1n) is 8.54. The lowest BCUT2D eigenvalue weighted by Crippen LogP contribution is -2.54. The van der Waals surface area contributed by atoms with Gasteiger partial charge in [0.15, 0.2) is 5.11 Å². The van der Waals surface area contributed by atoms with Crippen LogP contribution in [0.4, 0.5) is 10.1 Å². The summed E-state index contributed by atoms with van der Waals surface area (Å²) >= 11 is 11.1. The Morgan fingerprint density at radius 3 is 2.31 bits per heavy atom. The van der Waals surface area contributed by atoms with E-state index in [1.165, 1.54) is 30.3 Å². The van der Waals surface area contributed by atoms with E-state index in [0.717, 1.165) is 10.6 Å². The number of nitrogens with one attached hydrogen (secondary N) is 1. The molecule has 5 nitrogen and oxygen atoms in total. The Hall–Kier alpha value is -3.29. The lowest BCUT2D eigenvalue weighted by Gasteiger charge is -2.28. The van der Waals surface area contributed by atoms with Crippen molar-refractivity contribution in [2.75, 3.05) is 4.90 Å². The van der Waals surface area contributed by atoms with Crippen molar-refractivity contribution < 1.29 is 14.0 Å². The number of halogens is 2. The molecule has 144 valence electrons. The summed E-state index contributed by atoms with van der Waals surface area (Å²) in [7, 11) is 0. The fraction of sp³-hybridized carbons (Fsp3) is 0. The van der Waals surface area contributed by atoms with Crippen LogP contribution < -0.4 is 10.2 Å². The van der Waals surface area contributed by atoms with Crippen LogP contribution in [0.25, 0.3) is 11.8 Å². The number of hydrogen-bond acceptors (Lipinski definition) is 3. The molecule has 0 saturated carbocycles. The van der Waals surface area contributed by atoms with Gasteiger partial charge in [-0.1, -0.05) is 11.6 Å². The van der Waals surface area contributed by atoms with Crippen LogP contribution in [0.15, 0.2) is 72.4 Å². The van der Waals surface area contributed by atoms with Gasteiger partial charge in [-0.3, -0.25) is 19.8 Å². The van der Waals surface area contributed by atoms with Crippen molar-refractivity contribution in [2.45, 2.75) is 0 Å². The molecule has 0 spiro atoms. The van der Waals surface area contributed by atoms with E-state index in [2.05, 4.69) is 5.32 Å². The SMILES string of the molecule is O=C1NC(=S)N(c2ccc(F)cc2)C(=O)/C1=C\c1cccn1-c1ccc(Cl)cc1. The van der Waals surface area contributed by atoms with Gasteiger partial charge in [0, 0.05) is 22.6 Å². The number of thiocarbonyl (C=S) groups is 1. The molecule has 0 aliphatic carbocycles. The summed E-state index contributed by atoms with van der Waals surface area (Å²) in [6.07, 6.45) is 3.30. The average Bonchev–Trinajstić information content (AvgIpc) is 3.15. The number of carbonyl (C=O) groups excluding carboxylic acids is 2. The zero-order valence-corrected chi connectivity index (χ0v) is 16.4. The fourth-order valence-corrected chi connectivity index (χ4v) is 3.39. The van der Waals surface area contributed by atoms with Crippen molar-refractivity contribution in [3.8, 4) is 5.69 Å². The lowest BCUT2D eigenvalue weighted by atomic mass is 10.1. The van der Waals surface area contributed by atoms with Crippen LogP contribution in [0.5, 0.6) is 0 Å². The van der Waals surface area contributed by atoms with Crippen LogP contribution in [0, 0.1) is 5.82 Å². The molecular formula is C21H13ClFN3O2S. The molecule has 2 aromatic carbocycles. The summed E-state index contributed by atoms with van der Waals surface area (Å²) < 4.78 is 15.1. The maximum Gasteiger partial charge on any atom is 0.270 e. The van der Waals surface area contributed by atoms with E-state index in [0.29, 0.717) is 16.4 Å². The van der Waals surface area contributed by atoms with Crippen LogP contribution >= 0.6 is 23.8 Å². The van der Waals surface area contributed by atoms with Crippen LogP contribution in [0.1, 0.15) is 5.69 Å². The number of aromatic nitrogens is 1. The zero-order chi connectivity index (χ0) is 20.5. The summed E-state index contributed by atoms with van der Waals surface area (Å²) in [5.41, 5.74) is 1.72. The summed E-state index contributed by atoms with van der Waals surface area (Å²) in [6, 6.07) is 16.0. The Bertz CT molecular complexity index is 1150. The average molecular weight is 426 g/mol. The van der Waals surface area contributed by atoms with Crippen molar-refractivity contribution in [1.82, 2.24) is 9.88 Å². The fourth-order valence-electron chi connectivity index (χ4n) is 2.98. The zero-order valence-electron chi connectivity index (χ0n) is 14.8. The largest absolute Gasteiger partial charge is 0.317 e. The molecule has 1 N–H and O–H groups in total. The molecule has 2 heterocycles. The predicted octanol–water partition coefficient (Wildman–Crippen LogP) is 4.10. The van der Waals surface area contributed by atoms with E-state index < -0.39 is 17.6 Å². The smallest absolute Gasteiger partial charge is 0.270 e. The molecule has 1 aliphatic heterocycles. The second-order valence-corrected chi connectivity index (χ2v) is 7.04. The molecule has 0 bridgehead atoms. The molecule has 0 unspecified atom stereocenters. The first-order chi connectivity index (χ1) is 13.9. The molecule has 2 amide bonds. The highest BCUT2D eigenvalue weighted by atomic mass is 35.5. The van der Waals surface area contributed by atoms with Crippen LogP contribution in [-0.2, 0) is 9.59 Å². The highest BCUT2D eigenvalue weighted by Crippen LogP contribution is 2.24. The van der Waals surface area contributed by atoms with E-state index in [9.17, 15) is 14.0 Å². The molecule has 1 saturated heterocycles. The summed E-state index contributed by atoms with van der Waals surface area (Å²) in [5, 5.41) is 3.06. The standard InChI is InChI=1S/C21H13ClFN3O2S/c22-13-3-7-15(8-4-13)25-11-1-2-17(25)12-18-19(27)24-21(29)26(20(18)28)16-9-5-14(23)6-10-16/h1-12H,(H,24,27,29)/b18-12-. The first-order valence-corrected chi connectivity index (χ1v) is 9.33. The van der Waals surface area contributed by atoms with Gasteiger partial charge in [0.1, 0.15) is 11.4 Å². The number of anilines is 1. The molecule has 4 rings (SSSR count). The second-order valence-electron chi connectivity index (χ2n) is 6.21. The third kappa shape index (κ3) is 3.70. The van der Waals surface area contributed by atoms with Gasteiger partial charge in [-0.25, -0.2) is 4.39 Å². The Morgan fingerprint density at radius 1 is 0.966 bits per heavy atom. The third-order valence-electron chi connectivity index (χ3n) is 4.36. The Balaban J connectivity index is 1.73. The molecule has 0 radical (unpaired) electrons. The number of nitrogens with zero attached hydrogens (tertiary/aromatic N) is 2. The Kier molecular flexibility index (Phi) is 5.00. The van der Waals surface area contributed by atoms with Gasteiger partial charge in [0.25, 0.3) is 11.8 Å². The number of carbonyl (C=O) groups is 2. The van der Waals surface area contributed by atoms with Crippen molar-refractivity contribution in [1.29, 1.82) is 0 Å². The van der Waals surface area contributed by atoms with E-state index in [1.807, 2.05) is 22.9 Å². The Labute approximate surface area is 176 Å². The van der Waals surface area contributed by atoms with E-state index >= 15 is 0 Å². The summed E-state index contributed by atoms with van der Waals surface area (Å²) in [5.74, 6) is -1.62. The number of hydrogen-bond donors (Lipinski definition) is 1. The molecular weight excluding hydrogens is 413 g/mol. The maximum atomic E-state index is 13.2. The maximum absolute atomic E-state index is 13.2. The van der Waals surface area contributed by atoms with Crippen LogP contribution in [-0.4, -0.2) is 21.5 Å². The van der Waals surface area contributed by atoms with Gasteiger partial charge < -0.3 is 4.57 Å². The highest BCUT2D eigenvalue weighted by molar-refractivity contribution is 7.80. The minimum atomic E-state index is -0.595. The normalized spacial score (nSPS) is 15.7. The molecule has 29 heavy (non-hydrogen) atoms. The first kappa shape index (κ1) is 19.0.